The van der Waals surface area contributed by atoms with Gasteiger partial charge in [0.2, 0.25) is 0 Å². The maximum Gasteiger partial charge on any atom is 0.311 e. The number of thioether (sulfide) groups is 1. The van der Waals surface area contributed by atoms with Crippen LogP contribution in [-0.4, -0.2) is 43.0 Å². The summed E-state index contributed by atoms with van der Waals surface area (Å²) in [6, 6.07) is 23.7. The molecule has 2 heterocycles. The monoisotopic (exact) mass is 516 g/mol. The highest BCUT2D eigenvalue weighted by molar-refractivity contribution is 8.18. The molecule has 1 atom stereocenters. The van der Waals surface area contributed by atoms with Gasteiger partial charge in [-0.2, -0.15) is 10.1 Å². The second kappa shape index (κ2) is 10.2. The third-order valence-electron chi connectivity index (χ3n) is 6.13. The Morgan fingerprint density at radius 2 is 1.72 bits per heavy atom. The van der Waals surface area contributed by atoms with E-state index in [1.807, 2.05) is 73.7 Å². The number of benzene rings is 3. The summed E-state index contributed by atoms with van der Waals surface area (Å²) in [7, 11) is 5.69. The highest BCUT2D eigenvalue weighted by atomic mass is 35.5. The van der Waals surface area contributed by atoms with Gasteiger partial charge in [0.05, 0.1) is 23.8 Å². The summed E-state index contributed by atoms with van der Waals surface area (Å²) in [5.74, 6) is 1.35. The minimum absolute atomic E-state index is 0.0998. The van der Waals surface area contributed by atoms with E-state index in [2.05, 4.69) is 34.2 Å². The molecule has 1 amide bonds. The summed E-state index contributed by atoms with van der Waals surface area (Å²) < 4.78 is 5.32. The second-order valence-corrected chi connectivity index (χ2v) is 10.1. The molecule has 2 aliphatic rings. The number of nitrogens with zero attached hydrogens (tertiary/aromatic N) is 4. The van der Waals surface area contributed by atoms with Crippen LogP contribution in [0.2, 0.25) is 5.02 Å². The first-order valence-electron chi connectivity index (χ1n) is 11.5. The van der Waals surface area contributed by atoms with E-state index in [1.165, 1.54) is 0 Å². The van der Waals surface area contributed by atoms with Crippen molar-refractivity contribution in [3.05, 3.63) is 99.4 Å². The molecule has 0 radical (unpaired) electrons. The van der Waals surface area contributed by atoms with Crippen molar-refractivity contribution in [2.45, 2.75) is 12.5 Å². The van der Waals surface area contributed by atoms with Crippen LogP contribution in [0.15, 0.2) is 87.8 Å². The van der Waals surface area contributed by atoms with Crippen molar-refractivity contribution in [1.82, 2.24) is 5.01 Å². The summed E-state index contributed by atoms with van der Waals surface area (Å²) in [6.07, 6.45) is 2.64. The van der Waals surface area contributed by atoms with Crippen LogP contribution in [-0.2, 0) is 0 Å². The van der Waals surface area contributed by atoms with E-state index in [0.717, 1.165) is 50.5 Å². The number of carbonyl (C=O) groups excluding carboxylic acids is 1. The molecule has 5 rings (SSSR count). The van der Waals surface area contributed by atoms with Crippen LogP contribution >= 0.6 is 23.4 Å². The molecule has 3 aromatic rings. The highest BCUT2D eigenvalue weighted by Gasteiger charge is 2.36. The number of amidine groups is 1. The number of amides is 1. The lowest BCUT2D eigenvalue weighted by molar-refractivity contribution is 0.267. The lowest BCUT2D eigenvalue weighted by Crippen LogP contribution is -2.26. The fourth-order valence-electron chi connectivity index (χ4n) is 4.19. The Bertz CT molecular complexity index is 1360. The van der Waals surface area contributed by atoms with Gasteiger partial charge in [0.25, 0.3) is 0 Å². The molecule has 0 N–H and O–H groups in total. The standard InChI is InChI=1S/C28H25ClN4O2S/c1-32(2)22-12-6-20(7-13-22)25-17-24(19-8-14-23(35-3)15-9-19)31-33(25)27-26(36-28(34)30-27)16-18-4-10-21(29)11-5-18/h4-16,25H,17H2,1-3H3/b26-16-. The molecule has 36 heavy (non-hydrogen) atoms. The summed E-state index contributed by atoms with van der Waals surface area (Å²) in [6.45, 7) is 0. The van der Waals surface area contributed by atoms with Crippen LogP contribution in [0.5, 0.6) is 5.75 Å². The number of aliphatic imine (C=N–C) groups is 1. The minimum atomic E-state index is -0.250. The number of hydrazone groups is 1. The van der Waals surface area contributed by atoms with E-state index < -0.39 is 0 Å². The zero-order chi connectivity index (χ0) is 25.2. The van der Waals surface area contributed by atoms with Gasteiger partial charge in [0, 0.05) is 31.2 Å². The van der Waals surface area contributed by atoms with Gasteiger partial charge >= 0.3 is 5.24 Å². The largest absolute Gasteiger partial charge is 0.497 e. The van der Waals surface area contributed by atoms with Gasteiger partial charge in [-0.1, -0.05) is 35.9 Å². The number of halogens is 1. The zero-order valence-corrected chi connectivity index (χ0v) is 21.8. The fourth-order valence-corrected chi connectivity index (χ4v) is 5.06. The van der Waals surface area contributed by atoms with Crippen LogP contribution in [0.3, 0.4) is 0 Å². The second-order valence-electron chi connectivity index (χ2n) is 8.69. The molecule has 0 saturated heterocycles. The van der Waals surface area contributed by atoms with Gasteiger partial charge in [-0.25, -0.2) is 5.01 Å². The van der Waals surface area contributed by atoms with Gasteiger partial charge in [-0.05, 0) is 83.1 Å². The van der Waals surface area contributed by atoms with Gasteiger partial charge in [0.1, 0.15) is 5.75 Å². The first-order valence-corrected chi connectivity index (χ1v) is 12.7. The molecular weight excluding hydrogens is 492 g/mol. The first kappa shape index (κ1) is 24.2. The Morgan fingerprint density at radius 3 is 2.36 bits per heavy atom. The molecule has 0 fully saturated rings. The molecule has 0 aliphatic carbocycles. The Kier molecular flexibility index (Phi) is 6.85. The summed E-state index contributed by atoms with van der Waals surface area (Å²) in [5.41, 5.74) is 5.10. The minimum Gasteiger partial charge on any atom is -0.497 e. The maximum atomic E-state index is 12.5. The van der Waals surface area contributed by atoms with Gasteiger partial charge in [-0.15, -0.1) is 0 Å². The van der Waals surface area contributed by atoms with Gasteiger partial charge in [-0.3, -0.25) is 4.79 Å². The topological polar surface area (TPSA) is 57.5 Å². The molecule has 0 spiro atoms. The Morgan fingerprint density at radius 1 is 1.03 bits per heavy atom. The Hall–Kier alpha value is -3.55. The predicted molar refractivity (Wildman–Crippen MR) is 149 cm³/mol. The van der Waals surface area contributed by atoms with Crippen LogP contribution in [0.4, 0.5) is 10.5 Å². The van der Waals surface area contributed by atoms with Crippen LogP contribution in [0.25, 0.3) is 6.08 Å². The Balaban J connectivity index is 1.54. The van der Waals surface area contributed by atoms with Crippen molar-refractivity contribution in [3.63, 3.8) is 0 Å². The number of hydrogen-bond acceptors (Lipinski definition) is 6. The number of anilines is 1. The number of carbonyl (C=O) groups is 1. The van der Waals surface area contributed by atoms with E-state index in [1.54, 1.807) is 7.11 Å². The molecular formula is C28H25ClN4O2S. The molecule has 0 bridgehead atoms. The highest BCUT2D eigenvalue weighted by Crippen LogP contribution is 2.40. The van der Waals surface area contributed by atoms with E-state index in [4.69, 9.17) is 21.4 Å². The Labute approximate surface area is 219 Å². The van der Waals surface area contributed by atoms with Gasteiger partial charge in [0.15, 0.2) is 5.84 Å². The zero-order valence-electron chi connectivity index (χ0n) is 20.2. The van der Waals surface area contributed by atoms with Crippen molar-refractivity contribution in [1.29, 1.82) is 0 Å². The molecule has 0 aromatic heterocycles. The molecule has 2 aliphatic heterocycles. The fraction of sp³-hybridized carbons (Fsp3) is 0.179. The van der Waals surface area contributed by atoms with E-state index in [0.29, 0.717) is 17.3 Å². The quantitative estimate of drug-likeness (QED) is 0.370. The number of rotatable bonds is 5. The number of hydrogen-bond donors (Lipinski definition) is 0. The SMILES string of the molecule is COc1ccc(C2=NN(C3=NC(=O)S/C3=C\c3ccc(Cl)cc3)C(c3ccc(N(C)C)cc3)C2)cc1. The lowest BCUT2D eigenvalue weighted by Gasteiger charge is -2.24. The van der Waals surface area contributed by atoms with Crippen LogP contribution in [0.1, 0.15) is 29.2 Å². The van der Waals surface area contributed by atoms with Crippen molar-refractivity contribution in [2.24, 2.45) is 10.1 Å². The van der Waals surface area contributed by atoms with Crippen molar-refractivity contribution in [2.75, 3.05) is 26.1 Å². The molecule has 1 unspecified atom stereocenters. The van der Waals surface area contributed by atoms with Crippen molar-refractivity contribution in [3.8, 4) is 5.75 Å². The molecule has 8 heteroatoms. The van der Waals surface area contributed by atoms with E-state index in [-0.39, 0.29) is 11.3 Å². The van der Waals surface area contributed by atoms with Crippen molar-refractivity contribution >= 4 is 51.9 Å². The maximum absolute atomic E-state index is 12.5. The third-order valence-corrected chi connectivity index (χ3v) is 7.17. The average Bonchev–Trinajstić information content (AvgIpc) is 3.49. The molecule has 6 nitrogen and oxygen atoms in total. The van der Waals surface area contributed by atoms with Crippen molar-refractivity contribution < 1.29 is 9.53 Å². The summed E-state index contributed by atoms with van der Waals surface area (Å²) >= 11 is 7.17. The molecule has 182 valence electrons. The van der Waals surface area contributed by atoms with Crippen LogP contribution in [0, 0.1) is 0 Å². The number of methoxy groups -OCH3 is 1. The van der Waals surface area contributed by atoms with E-state index in [9.17, 15) is 4.79 Å². The summed E-state index contributed by atoms with van der Waals surface area (Å²) in [5, 5.41) is 7.30. The first-order chi connectivity index (χ1) is 17.4. The third kappa shape index (κ3) is 5.03. The van der Waals surface area contributed by atoms with Gasteiger partial charge < -0.3 is 9.64 Å². The normalized spacial score (nSPS) is 18.4. The number of ether oxygens (including phenoxy) is 1. The summed E-state index contributed by atoms with van der Waals surface area (Å²) in [4.78, 5) is 19.7. The lowest BCUT2D eigenvalue weighted by atomic mass is 9.98. The van der Waals surface area contributed by atoms with Crippen LogP contribution < -0.4 is 9.64 Å². The average molecular weight is 517 g/mol. The molecule has 0 saturated carbocycles. The predicted octanol–water partition coefficient (Wildman–Crippen LogP) is 6.87. The van der Waals surface area contributed by atoms with E-state index >= 15 is 0 Å². The molecule has 3 aromatic carbocycles. The smallest absolute Gasteiger partial charge is 0.311 e.